The zero-order valence-corrected chi connectivity index (χ0v) is 25.4. The lowest BCUT2D eigenvalue weighted by molar-refractivity contribution is -0.143. The van der Waals surface area contributed by atoms with Crippen LogP contribution >= 0.6 is 0 Å². The highest BCUT2D eigenvalue weighted by Gasteiger charge is 2.33. The third-order valence-electron chi connectivity index (χ3n) is 8.02. The van der Waals surface area contributed by atoms with E-state index in [-0.39, 0.29) is 31.0 Å². The summed E-state index contributed by atoms with van der Waals surface area (Å²) in [7, 11) is 1.46. The molecule has 0 aromatic carbocycles. The van der Waals surface area contributed by atoms with Crippen LogP contribution in [0.2, 0.25) is 0 Å². The van der Waals surface area contributed by atoms with Crippen LogP contribution < -0.4 is 0 Å². The number of carbonyl (C=O) groups is 2. The van der Waals surface area contributed by atoms with Crippen molar-refractivity contribution in [3.63, 3.8) is 0 Å². The molecular formula is C30H51N5O6. The Balaban J connectivity index is 1.71. The van der Waals surface area contributed by atoms with Gasteiger partial charge in [0.05, 0.1) is 18.8 Å². The molecule has 0 spiro atoms. The fraction of sp³-hybridized carbons (Fsp3) is 0.767. The van der Waals surface area contributed by atoms with Gasteiger partial charge in [-0.15, -0.1) is 0 Å². The zero-order chi connectivity index (χ0) is 29.8. The average Bonchev–Trinajstić information content (AvgIpc) is 2.94. The Morgan fingerprint density at radius 2 is 1.80 bits per heavy atom. The van der Waals surface area contributed by atoms with Gasteiger partial charge in [-0.1, -0.05) is 19.9 Å². The lowest BCUT2D eigenvalue weighted by Gasteiger charge is -2.40. The van der Waals surface area contributed by atoms with E-state index in [1.54, 1.807) is 4.90 Å². The Labute approximate surface area is 245 Å². The summed E-state index contributed by atoms with van der Waals surface area (Å²) in [5.74, 6) is 0.221. The van der Waals surface area contributed by atoms with Gasteiger partial charge >= 0.3 is 0 Å². The number of hydrogen-bond donors (Lipinski definition) is 2. The number of ether oxygens (including phenoxy) is 2. The van der Waals surface area contributed by atoms with Crippen molar-refractivity contribution in [2.75, 3.05) is 72.7 Å². The number of piperazine rings is 1. The number of aliphatic hydroxyl groups is 2. The van der Waals surface area contributed by atoms with E-state index < -0.39 is 18.3 Å². The molecule has 11 nitrogen and oxygen atoms in total. The second-order valence-corrected chi connectivity index (χ2v) is 11.8. The van der Waals surface area contributed by atoms with Crippen LogP contribution in [0.3, 0.4) is 0 Å². The predicted molar refractivity (Wildman–Crippen MR) is 156 cm³/mol. The molecule has 1 aromatic rings. The molecule has 0 bridgehead atoms. The van der Waals surface area contributed by atoms with E-state index >= 15 is 0 Å². The van der Waals surface area contributed by atoms with Crippen LogP contribution in [0.4, 0.5) is 0 Å². The van der Waals surface area contributed by atoms with Gasteiger partial charge in [0.1, 0.15) is 18.3 Å². The van der Waals surface area contributed by atoms with Gasteiger partial charge in [0, 0.05) is 85.2 Å². The first-order chi connectivity index (χ1) is 19.7. The van der Waals surface area contributed by atoms with Crippen molar-refractivity contribution in [1.29, 1.82) is 0 Å². The molecule has 3 rings (SSSR count). The average molecular weight is 578 g/mol. The van der Waals surface area contributed by atoms with Crippen LogP contribution in [-0.2, 0) is 25.6 Å². The summed E-state index contributed by atoms with van der Waals surface area (Å²) >= 11 is 0. The zero-order valence-electron chi connectivity index (χ0n) is 25.4. The summed E-state index contributed by atoms with van der Waals surface area (Å²) in [6.07, 6.45) is 0.917. The maximum absolute atomic E-state index is 13.9. The number of methoxy groups -OCH3 is 1. The van der Waals surface area contributed by atoms with Gasteiger partial charge in [-0.25, -0.2) is 0 Å². The van der Waals surface area contributed by atoms with Crippen molar-refractivity contribution in [3.8, 4) is 0 Å². The van der Waals surface area contributed by atoms with Crippen LogP contribution in [0.25, 0.3) is 0 Å². The third-order valence-corrected chi connectivity index (χ3v) is 8.02. The van der Waals surface area contributed by atoms with Crippen molar-refractivity contribution in [1.82, 2.24) is 24.6 Å². The number of rotatable bonds is 7. The number of nitrogens with zero attached hydrogens (tertiary/aromatic N) is 5. The molecule has 4 atom stereocenters. The van der Waals surface area contributed by atoms with Crippen LogP contribution in [-0.4, -0.2) is 144 Å². The fourth-order valence-electron chi connectivity index (χ4n) is 5.63. The van der Waals surface area contributed by atoms with Crippen molar-refractivity contribution >= 4 is 11.8 Å². The monoisotopic (exact) mass is 577 g/mol. The lowest BCUT2D eigenvalue weighted by Crippen LogP contribution is -2.55. The van der Waals surface area contributed by atoms with Crippen molar-refractivity contribution in [2.45, 2.75) is 70.9 Å². The molecule has 0 aliphatic carbocycles. The normalized spacial score (nSPS) is 26.6. The van der Waals surface area contributed by atoms with Crippen LogP contribution in [0.1, 0.15) is 45.7 Å². The Kier molecular flexibility index (Phi) is 13.9. The van der Waals surface area contributed by atoms with E-state index in [0.29, 0.717) is 32.2 Å². The Morgan fingerprint density at radius 3 is 2.44 bits per heavy atom. The summed E-state index contributed by atoms with van der Waals surface area (Å²) in [4.78, 5) is 39.3. The highest BCUT2D eigenvalue weighted by Crippen LogP contribution is 2.18. The van der Waals surface area contributed by atoms with E-state index in [9.17, 15) is 19.8 Å². The molecule has 2 fully saturated rings. The van der Waals surface area contributed by atoms with Gasteiger partial charge < -0.3 is 29.5 Å². The number of carbonyl (C=O) groups excluding carboxylic acids is 2. The van der Waals surface area contributed by atoms with Crippen LogP contribution in [0.5, 0.6) is 0 Å². The number of hydrogen-bond acceptors (Lipinski definition) is 9. The minimum atomic E-state index is -1.21. The molecule has 0 saturated carbocycles. The predicted octanol–water partition coefficient (Wildman–Crippen LogP) is 0.838. The highest BCUT2D eigenvalue weighted by atomic mass is 16.5. The first-order valence-corrected chi connectivity index (χ1v) is 15.0. The summed E-state index contributed by atoms with van der Waals surface area (Å²) in [6, 6.07) is 5.79. The molecule has 3 heterocycles. The lowest BCUT2D eigenvalue weighted by atomic mass is 10.00. The second-order valence-electron chi connectivity index (χ2n) is 11.8. The molecule has 232 valence electrons. The Bertz CT molecular complexity index is 914. The molecule has 2 N–H and O–H groups in total. The summed E-state index contributed by atoms with van der Waals surface area (Å²) in [5, 5.41) is 21.1. The number of amides is 2. The maximum Gasteiger partial charge on any atom is 0.237 e. The molecule has 1 aromatic heterocycles. The minimum Gasteiger partial charge on any atom is -0.388 e. The third kappa shape index (κ3) is 10.9. The molecule has 2 aliphatic heterocycles. The van der Waals surface area contributed by atoms with Gasteiger partial charge in [-0.2, -0.15) is 0 Å². The summed E-state index contributed by atoms with van der Waals surface area (Å²) in [6.45, 7) is 11.7. The topological polar surface area (TPSA) is 119 Å². The molecule has 0 unspecified atom stereocenters. The van der Waals surface area contributed by atoms with E-state index in [1.807, 2.05) is 29.3 Å². The molecule has 41 heavy (non-hydrogen) atoms. The second kappa shape index (κ2) is 17.1. The standard InChI is InChI=1S/C30H51N5O6/c1-23(2)17-26-19-34(24(3)36)20-28(40-4)30(39)27(37)22-41-16-8-7-11-35(26)29(38)21-33-14-12-32(13-15-33)18-25-9-5-6-10-31-25/h5-6,9-10,23,26-28,30,37,39H,7-8,11-22H2,1-4H3/t26-,27-,28-,30-/m1/s1. The molecule has 2 amide bonds. The first kappa shape index (κ1) is 33.4. The number of aromatic nitrogens is 1. The van der Waals surface area contributed by atoms with Gasteiger partial charge in [-0.05, 0) is 37.3 Å². The van der Waals surface area contributed by atoms with E-state index in [4.69, 9.17) is 9.47 Å². The fourth-order valence-corrected chi connectivity index (χ4v) is 5.63. The smallest absolute Gasteiger partial charge is 0.237 e. The quantitative estimate of drug-likeness (QED) is 0.486. The van der Waals surface area contributed by atoms with Crippen molar-refractivity contribution < 1.29 is 29.3 Å². The van der Waals surface area contributed by atoms with E-state index in [1.165, 1.54) is 14.0 Å². The van der Waals surface area contributed by atoms with E-state index in [0.717, 1.165) is 57.7 Å². The molecular weight excluding hydrogens is 526 g/mol. The molecule has 11 heteroatoms. The highest BCUT2D eigenvalue weighted by molar-refractivity contribution is 5.79. The van der Waals surface area contributed by atoms with Crippen LogP contribution in [0.15, 0.2) is 24.4 Å². The first-order valence-electron chi connectivity index (χ1n) is 15.0. The van der Waals surface area contributed by atoms with Gasteiger partial charge in [0.2, 0.25) is 11.8 Å². The number of aliphatic hydroxyl groups excluding tert-OH is 2. The Morgan fingerprint density at radius 1 is 1.07 bits per heavy atom. The van der Waals surface area contributed by atoms with Crippen LogP contribution in [0, 0.1) is 5.92 Å². The largest absolute Gasteiger partial charge is 0.388 e. The minimum absolute atomic E-state index is 0.0218. The van der Waals surface area contributed by atoms with E-state index in [2.05, 4.69) is 28.6 Å². The van der Waals surface area contributed by atoms with Gasteiger partial charge in [-0.3, -0.25) is 24.4 Å². The van der Waals surface area contributed by atoms with Gasteiger partial charge in [0.25, 0.3) is 0 Å². The summed E-state index contributed by atoms with van der Waals surface area (Å²) in [5.41, 5.74) is 1.05. The number of pyridine rings is 1. The summed E-state index contributed by atoms with van der Waals surface area (Å²) < 4.78 is 11.1. The SMILES string of the molecule is CO[C@@H]1CN(C(C)=O)C[C@@H](CC(C)C)N(C(=O)CN2CCN(Cc3ccccn3)CC2)CCCCOC[C@@H](O)[C@H]1O. The maximum atomic E-state index is 13.9. The van der Waals surface area contributed by atoms with Crippen molar-refractivity contribution in [2.24, 2.45) is 5.92 Å². The molecule has 0 radical (unpaired) electrons. The Hall–Kier alpha value is -2.15. The van der Waals surface area contributed by atoms with Gasteiger partial charge in [0.15, 0.2) is 0 Å². The van der Waals surface area contributed by atoms with Crippen molar-refractivity contribution in [3.05, 3.63) is 30.1 Å². The molecule has 2 saturated heterocycles. The molecule has 2 aliphatic rings.